The summed E-state index contributed by atoms with van der Waals surface area (Å²) >= 11 is 5.92. The fourth-order valence-electron chi connectivity index (χ4n) is 1.30. The highest BCUT2D eigenvalue weighted by Crippen LogP contribution is 2.16. The van der Waals surface area contributed by atoms with Crippen LogP contribution in [-0.2, 0) is 13.5 Å². The van der Waals surface area contributed by atoms with Crippen LogP contribution in [0.15, 0.2) is 12.4 Å². The van der Waals surface area contributed by atoms with Gasteiger partial charge in [-0.3, -0.25) is 9.25 Å². The van der Waals surface area contributed by atoms with Gasteiger partial charge in [0.1, 0.15) is 5.82 Å². The average molecular weight is 212 g/mol. The third kappa shape index (κ3) is 1.39. The van der Waals surface area contributed by atoms with Crippen molar-refractivity contribution < 1.29 is 0 Å². The molecule has 2 aromatic rings. The molecule has 0 amide bonds. The summed E-state index contributed by atoms with van der Waals surface area (Å²) in [6.45, 7) is 2.01. The van der Waals surface area contributed by atoms with Gasteiger partial charge in [-0.05, 0) is 11.6 Å². The van der Waals surface area contributed by atoms with Crippen LogP contribution >= 0.6 is 11.6 Å². The Bertz CT molecular complexity index is 444. The number of halogens is 1. The Labute approximate surface area is 86.3 Å². The number of aryl methyl sites for hydroxylation is 2. The fraction of sp³-hybridized carbons (Fsp3) is 0.375. The molecule has 0 saturated carbocycles. The molecule has 74 valence electrons. The summed E-state index contributed by atoms with van der Waals surface area (Å²) in [4.78, 5) is 0. The van der Waals surface area contributed by atoms with Crippen LogP contribution in [0.1, 0.15) is 12.7 Å². The largest absolute Gasteiger partial charge is 0.274 e. The highest BCUT2D eigenvalue weighted by molar-refractivity contribution is 6.28. The topological polar surface area (TPSA) is 48.5 Å². The molecule has 0 aliphatic carbocycles. The van der Waals surface area contributed by atoms with Crippen molar-refractivity contribution in [3.63, 3.8) is 0 Å². The van der Waals surface area contributed by atoms with Crippen molar-refractivity contribution in [2.24, 2.45) is 7.05 Å². The zero-order valence-corrected chi connectivity index (χ0v) is 8.73. The van der Waals surface area contributed by atoms with E-state index < -0.39 is 0 Å². The van der Waals surface area contributed by atoms with Gasteiger partial charge in [0.25, 0.3) is 0 Å². The Hall–Kier alpha value is -1.36. The minimum atomic E-state index is 0.370. The summed E-state index contributed by atoms with van der Waals surface area (Å²) in [5.74, 6) is 0.836. The number of rotatable bonds is 2. The van der Waals surface area contributed by atoms with Crippen LogP contribution in [0.5, 0.6) is 0 Å². The molecule has 14 heavy (non-hydrogen) atoms. The predicted molar refractivity (Wildman–Crippen MR) is 52.5 cm³/mol. The van der Waals surface area contributed by atoms with E-state index in [-0.39, 0.29) is 0 Å². The quantitative estimate of drug-likeness (QED) is 0.751. The van der Waals surface area contributed by atoms with Crippen molar-refractivity contribution in [3.05, 3.63) is 23.5 Å². The van der Waals surface area contributed by atoms with Crippen LogP contribution < -0.4 is 0 Å². The van der Waals surface area contributed by atoms with Crippen molar-refractivity contribution in [1.29, 1.82) is 0 Å². The molecule has 0 saturated heterocycles. The van der Waals surface area contributed by atoms with E-state index in [0.717, 1.165) is 17.9 Å². The molecule has 5 nitrogen and oxygen atoms in total. The third-order valence-electron chi connectivity index (χ3n) is 1.96. The lowest BCUT2D eigenvalue weighted by Gasteiger charge is -2.01. The first-order chi connectivity index (χ1) is 6.72. The summed E-state index contributed by atoms with van der Waals surface area (Å²) in [6.07, 6.45) is 4.39. The van der Waals surface area contributed by atoms with Crippen LogP contribution in [-0.4, -0.2) is 24.5 Å². The number of nitrogens with zero attached hydrogens (tertiary/aromatic N) is 5. The molecular formula is C8H10ClN5. The van der Waals surface area contributed by atoms with Gasteiger partial charge >= 0.3 is 0 Å². The first-order valence-electron chi connectivity index (χ1n) is 4.31. The molecule has 2 rings (SSSR count). The third-order valence-corrected chi connectivity index (χ3v) is 2.20. The van der Waals surface area contributed by atoms with Crippen LogP contribution in [0.4, 0.5) is 0 Å². The maximum absolute atomic E-state index is 5.92. The normalized spacial score (nSPS) is 10.8. The lowest BCUT2D eigenvalue weighted by molar-refractivity contribution is 0.766. The highest BCUT2D eigenvalue weighted by Gasteiger charge is 2.11. The lowest BCUT2D eigenvalue weighted by atomic mass is 10.4. The second-order valence-corrected chi connectivity index (χ2v) is 3.28. The fourth-order valence-corrected chi connectivity index (χ4v) is 1.54. The molecule has 0 aromatic carbocycles. The molecule has 0 atom stereocenters. The summed E-state index contributed by atoms with van der Waals surface area (Å²) in [5.41, 5.74) is 0.888. The molecule has 0 N–H and O–H groups in total. The van der Waals surface area contributed by atoms with Crippen LogP contribution in [0.3, 0.4) is 0 Å². The van der Waals surface area contributed by atoms with Crippen molar-refractivity contribution in [2.75, 3.05) is 0 Å². The molecule has 0 aliphatic rings. The van der Waals surface area contributed by atoms with Crippen LogP contribution in [0.25, 0.3) is 5.69 Å². The molecule has 2 aromatic heterocycles. The first-order valence-corrected chi connectivity index (χ1v) is 4.69. The molecular weight excluding hydrogens is 202 g/mol. The van der Waals surface area contributed by atoms with Crippen molar-refractivity contribution in [2.45, 2.75) is 13.3 Å². The van der Waals surface area contributed by atoms with Crippen molar-refractivity contribution in [1.82, 2.24) is 24.5 Å². The van der Waals surface area contributed by atoms with E-state index >= 15 is 0 Å². The molecule has 0 aliphatic heterocycles. The Morgan fingerprint density at radius 1 is 1.43 bits per heavy atom. The molecule has 2 heterocycles. The van der Waals surface area contributed by atoms with Gasteiger partial charge in [-0.2, -0.15) is 5.10 Å². The van der Waals surface area contributed by atoms with Gasteiger partial charge in [0.2, 0.25) is 5.28 Å². The predicted octanol–water partition coefficient (Wildman–Crippen LogP) is 1.22. The summed E-state index contributed by atoms with van der Waals surface area (Å²) in [5, 5.41) is 12.2. The number of hydrogen-bond acceptors (Lipinski definition) is 3. The molecule has 0 radical (unpaired) electrons. The smallest absolute Gasteiger partial charge is 0.229 e. The Morgan fingerprint density at radius 2 is 2.21 bits per heavy atom. The van der Waals surface area contributed by atoms with E-state index in [4.69, 9.17) is 11.6 Å². The summed E-state index contributed by atoms with van der Waals surface area (Å²) < 4.78 is 3.50. The monoisotopic (exact) mass is 211 g/mol. The van der Waals surface area contributed by atoms with Gasteiger partial charge in [0, 0.05) is 19.7 Å². The van der Waals surface area contributed by atoms with Crippen molar-refractivity contribution in [3.8, 4) is 5.69 Å². The summed E-state index contributed by atoms with van der Waals surface area (Å²) in [6, 6.07) is 0. The maximum Gasteiger partial charge on any atom is 0.229 e. The van der Waals surface area contributed by atoms with E-state index in [1.807, 2.05) is 20.2 Å². The summed E-state index contributed by atoms with van der Waals surface area (Å²) in [7, 11) is 1.85. The molecule has 0 bridgehead atoms. The molecule has 0 fully saturated rings. The van der Waals surface area contributed by atoms with Gasteiger partial charge in [-0.15, -0.1) is 10.2 Å². The van der Waals surface area contributed by atoms with E-state index in [0.29, 0.717) is 5.28 Å². The maximum atomic E-state index is 5.92. The van der Waals surface area contributed by atoms with E-state index in [2.05, 4.69) is 15.3 Å². The molecule has 0 spiro atoms. The Balaban J connectivity index is 2.54. The van der Waals surface area contributed by atoms with Crippen LogP contribution in [0.2, 0.25) is 5.28 Å². The number of hydrogen-bond donors (Lipinski definition) is 0. The molecule has 6 heteroatoms. The van der Waals surface area contributed by atoms with E-state index in [9.17, 15) is 0 Å². The minimum Gasteiger partial charge on any atom is -0.274 e. The standard InChI is InChI=1S/C8H10ClN5/c1-3-7-11-12-8(9)14(7)6-4-10-13(2)5-6/h4-5H,3H2,1-2H3. The zero-order chi connectivity index (χ0) is 10.1. The average Bonchev–Trinajstić information content (AvgIpc) is 2.71. The van der Waals surface area contributed by atoms with Gasteiger partial charge in [0.05, 0.1) is 11.9 Å². The van der Waals surface area contributed by atoms with Crippen LogP contribution in [0, 0.1) is 0 Å². The second kappa shape index (κ2) is 3.42. The SMILES string of the molecule is CCc1nnc(Cl)n1-c1cnn(C)c1. The number of aromatic nitrogens is 5. The Morgan fingerprint density at radius 3 is 2.79 bits per heavy atom. The highest BCUT2D eigenvalue weighted by atomic mass is 35.5. The van der Waals surface area contributed by atoms with E-state index in [1.54, 1.807) is 15.4 Å². The van der Waals surface area contributed by atoms with Gasteiger partial charge < -0.3 is 0 Å². The first kappa shape index (κ1) is 9.21. The Kier molecular flexibility index (Phi) is 2.25. The second-order valence-electron chi connectivity index (χ2n) is 2.95. The van der Waals surface area contributed by atoms with Gasteiger partial charge in [-0.25, -0.2) is 0 Å². The van der Waals surface area contributed by atoms with Gasteiger partial charge in [-0.1, -0.05) is 6.92 Å². The minimum absolute atomic E-state index is 0.370. The van der Waals surface area contributed by atoms with Crippen molar-refractivity contribution >= 4 is 11.6 Å². The lowest BCUT2D eigenvalue weighted by Crippen LogP contribution is -1.99. The zero-order valence-electron chi connectivity index (χ0n) is 7.98. The van der Waals surface area contributed by atoms with E-state index in [1.165, 1.54) is 0 Å². The molecule has 0 unspecified atom stereocenters. The van der Waals surface area contributed by atoms with Gasteiger partial charge in [0.15, 0.2) is 0 Å².